The van der Waals surface area contributed by atoms with E-state index >= 15 is 0 Å². The second kappa shape index (κ2) is 9.24. The summed E-state index contributed by atoms with van der Waals surface area (Å²) in [6.45, 7) is 2.04. The topological polar surface area (TPSA) is 102 Å². The van der Waals surface area contributed by atoms with Crippen molar-refractivity contribution in [1.82, 2.24) is 14.6 Å². The first kappa shape index (κ1) is 22.1. The second-order valence-electron chi connectivity index (χ2n) is 8.60. The largest absolute Gasteiger partial charge is 0.440 e. The van der Waals surface area contributed by atoms with Gasteiger partial charge in [0.1, 0.15) is 5.52 Å². The van der Waals surface area contributed by atoms with Gasteiger partial charge in [-0.2, -0.15) is 0 Å². The zero-order valence-corrected chi connectivity index (χ0v) is 19.1. The van der Waals surface area contributed by atoms with Crippen molar-refractivity contribution < 1.29 is 22.4 Å². The molecule has 0 unspecified atom stereocenters. The number of sulfonamides is 1. The van der Waals surface area contributed by atoms with Crippen molar-refractivity contribution in [3.63, 3.8) is 0 Å². The van der Waals surface area contributed by atoms with Gasteiger partial charge in [0.2, 0.25) is 10.0 Å². The highest BCUT2D eigenvalue weighted by Crippen LogP contribution is 2.30. The SMILES string of the molecule is O=C(c1cccc(S(=O)(=O)NC[C@@H]2CCCO2)c1)N1CCC(c2nc3ccccc3o2)CC1. The van der Waals surface area contributed by atoms with Crippen LogP contribution in [-0.4, -0.2) is 56.6 Å². The minimum Gasteiger partial charge on any atom is -0.440 e. The number of para-hydroxylation sites is 2. The molecule has 0 radical (unpaired) electrons. The van der Waals surface area contributed by atoms with Gasteiger partial charge in [-0.25, -0.2) is 18.1 Å². The first-order chi connectivity index (χ1) is 16.0. The van der Waals surface area contributed by atoms with Crippen molar-refractivity contribution in [2.24, 2.45) is 0 Å². The van der Waals surface area contributed by atoms with Gasteiger partial charge in [-0.15, -0.1) is 0 Å². The van der Waals surface area contributed by atoms with Crippen LogP contribution in [0.15, 0.2) is 57.8 Å². The Kier molecular flexibility index (Phi) is 6.18. The molecule has 2 aliphatic heterocycles. The Morgan fingerprint density at radius 1 is 1.09 bits per heavy atom. The molecule has 0 bridgehead atoms. The smallest absolute Gasteiger partial charge is 0.253 e. The summed E-state index contributed by atoms with van der Waals surface area (Å²) in [5, 5.41) is 0. The Balaban J connectivity index is 1.22. The molecule has 9 heteroatoms. The van der Waals surface area contributed by atoms with E-state index in [0.717, 1.165) is 36.8 Å². The van der Waals surface area contributed by atoms with E-state index < -0.39 is 10.0 Å². The average Bonchev–Trinajstić information content (AvgIpc) is 3.52. The van der Waals surface area contributed by atoms with E-state index in [9.17, 15) is 13.2 Å². The van der Waals surface area contributed by atoms with E-state index in [1.807, 2.05) is 24.3 Å². The summed E-state index contributed by atoms with van der Waals surface area (Å²) in [6, 6.07) is 13.9. The van der Waals surface area contributed by atoms with Crippen LogP contribution in [0.5, 0.6) is 0 Å². The fourth-order valence-corrected chi connectivity index (χ4v) is 5.58. The number of piperidine rings is 1. The van der Waals surface area contributed by atoms with Gasteiger partial charge in [-0.05, 0) is 56.0 Å². The van der Waals surface area contributed by atoms with Crippen molar-refractivity contribution in [2.45, 2.75) is 42.6 Å². The molecule has 33 heavy (non-hydrogen) atoms. The number of carbonyl (C=O) groups is 1. The molecule has 5 rings (SSSR count). The third-order valence-electron chi connectivity index (χ3n) is 6.36. The van der Waals surface area contributed by atoms with Gasteiger partial charge in [0.05, 0.1) is 11.0 Å². The summed E-state index contributed by atoms with van der Waals surface area (Å²) in [6.07, 6.45) is 3.20. The molecule has 2 aromatic carbocycles. The number of fused-ring (bicyclic) bond motifs is 1. The van der Waals surface area contributed by atoms with E-state index in [2.05, 4.69) is 9.71 Å². The van der Waals surface area contributed by atoms with E-state index in [4.69, 9.17) is 9.15 Å². The number of carbonyl (C=O) groups excluding carboxylic acids is 1. The van der Waals surface area contributed by atoms with Crippen LogP contribution >= 0.6 is 0 Å². The van der Waals surface area contributed by atoms with Crippen molar-refractivity contribution in [2.75, 3.05) is 26.2 Å². The van der Waals surface area contributed by atoms with Crippen molar-refractivity contribution in [3.05, 3.63) is 60.0 Å². The molecular formula is C24H27N3O5S. The fraction of sp³-hybridized carbons (Fsp3) is 0.417. The fourth-order valence-electron chi connectivity index (χ4n) is 4.46. The molecule has 0 aliphatic carbocycles. The summed E-state index contributed by atoms with van der Waals surface area (Å²) in [5.41, 5.74) is 1.99. The van der Waals surface area contributed by atoms with E-state index in [-0.39, 0.29) is 29.4 Å². The van der Waals surface area contributed by atoms with Gasteiger partial charge in [0.15, 0.2) is 11.5 Å². The predicted molar refractivity (Wildman–Crippen MR) is 122 cm³/mol. The number of nitrogens with one attached hydrogen (secondary N) is 1. The number of amides is 1. The number of aromatic nitrogens is 1. The summed E-state index contributed by atoms with van der Waals surface area (Å²) < 4.78 is 39.4. The van der Waals surface area contributed by atoms with Crippen molar-refractivity contribution in [1.29, 1.82) is 0 Å². The maximum Gasteiger partial charge on any atom is 0.253 e. The normalized spacial score (nSPS) is 19.9. The van der Waals surface area contributed by atoms with Crippen LogP contribution in [0.4, 0.5) is 0 Å². The van der Waals surface area contributed by atoms with Gasteiger partial charge in [0, 0.05) is 37.7 Å². The third kappa shape index (κ3) is 4.80. The molecule has 0 spiro atoms. The number of ether oxygens (including phenoxy) is 1. The number of rotatable bonds is 6. The van der Waals surface area contributed by atoms with E-state index in [0.29, 0.717) is 31.2 Å². The molecule has 1 atom stereocenters. The van der Waals surface area contributed by atoms with Crippen LogP contribution in [-0.2, 0) is 14.8 Å². The number of hydrogen-bond donors (Lipinski definition) is 1. The van der Waals surface area contributed by atoms with Crippen molar-refractivity contribution in [3.8, 4) is 0 Å². The maximum atomic E-state index is 13.1. The average molecular weight is 470 g/mol. The molecule has 174 valence electrons. The third-order valence-corrected chi connectivity index (χ3v) is 7.78. The lowest BCUT2D eigenvalue weighted by molar-refractivity contribution is 0.0706. The molecule has 1 amide bonds. The number of benzene rings is 2. The highest BCUT2D eigenvalue weighted by atomic mass is 32.2. The van der Waals surface area contributed by atoms with Crippen LogP contribution < -0.4 is 4.72 Å². The Morgan fingerprint density at radius 2 is 1.91 bits per heavy atom. The second-order valence-corrected chi connectivity index (χ2v) is 10.4. The number of hydrogen-bond acceptors (Lipinski definition) is 6. The van der Waals surface area contributed by atoms with Crippen LogP contribution in [0.3, 0.4) is 0 Å². The Bertz CT molecular complexity index is 1210. The summed E-state index contributed by atoms with van der Waals surface area (Å²) in [4.78, 5) is 19.5. The molecule has 3 heterocycles. The predicted octanol–water partition coefficient (Wildman–Crippen LogP) is 3.30. The number of oxazole rings is 1. The summed E-state index contributed by atoms with van der Waals surface area (Å²) in [5.74, 6) is 0.714. The van der Waals surface area contributed by atoms with E-state index in [1.165, 1.54) is 12.1 Å². The maximum absolute atomic E-state index is 13.1. The van der Waals surface area contributed by atoms with Crippen LogP contribution in [0.25, 0.3) is 11.1 Å². The summed E-state index contributed by atoms with van der Waals surface area (Å²) >= 11 is 0. The summed E-state index contributed by atoms with van der Waals surface area (Å²) in [7, 11) is -3.71. The minimum atomic E-state index is -3.71. The Morgan fingerprint density at radius 3 is 2.67 bits per heavy atom. The van der Waals surface area contributed by atoms with Crippen LogP contribution in [0, 0.1) is 0 Å². The molecule has 8 nitrogen and oxygen atoms in total. The molecule has 3 aromatic rings. The minimum absolute atomic E-state index is 0.0905. The lowest BCUT2D eigenvalue weighted by atomic mass is 9.96. The Labute approximate surface area is 193 Å². The van der Waals surface area contributed by atoms with Crippen LogP contribution in [0.1, 0.15) is 47.8 Å². The molecule has 2 aliphatic rings. The monoisotopic (exact) mass is 469 g/mol. The number of likely N-dealkylation sites (tertiary alicyclic amines) is 1. The molecule has 2 saturated heterocycles. The standard InChI is InChI=1S/C24H27N3O5S/c28-24(18-5-3-7-20(15-18)33(29,30)25-16-19-6-4-14-31-19)27-12-10-17(11-13-27)23-26-21-8-1-2-9-22(21)32-23/h1-3,5,7-9,15,17,19,25H,4,6,10-14,16H2/t19-/m0/s1. The van der Waals surface area contributed by atoms with Crippen molar-refractivity contribution >= 4 is 27.0 Å². The van der Waals surface area contributed by atoms with Gasteiger partial charge >= 0.3 is 0 Å². The van der Waals surface area contributed by atoms with Gasteiger partial charge < -0.3 is 14.1 Å². The van der Waals surface area contributed by atoms with Gasteiger partial charge in [-0.1, -0.05) is 18.2 Å². The highest BCUT2D eigenvalue weighted by molar-refractivity contribution is 7.89. The lowest BCUT2D eigenvalue weighted by Gasteiger charge is -2.30. The lowest BCUT2D eigenvalue weighted by Crippen LogP contribution is -2.38. The quantitative estimate of drug-likeness (QED) is 0.594. The zero-order chi connectivity index (χ0) is 22.8. The Hall–Kier alpha value is -2.75. The molecular weight excluding hydrogens is 442 g/mol. The highest BCUT2D eigenvalue weighted by Gasteiger charge is 2.28. The molecule has 1 N–H and O–H groups in total. The first-order valence-corrected chi connectivity index (χ1v) is 12.8. The zero-order valence-electron chi connectivity index (χ0n) is 18.3. The van der Waals surface area contributed by atoms with Gasteiger partial charge in [0.25, 0.3) is 5.91 Å². The van der Waals surface area contributed by atoms with Crippen LogP contribution in [0.2, 0.25) is 0 Å². The molecule has 0 saturated carbocycles. The van der Waals surface area contributed by atoms with E-state index in [1.54, 1.807) is 17.0 Å². The molecule has 1 aromatic heterocycles. The first-order valence-electron chi connectivity index (χ1n) is 11.4. The number of nitrogens with zero attached hydrogens (tertiary/aromatic N) is 2. The van der Waals surface area contributed by atoms with Gasteiger partial charge in [-0.3, -0.25) is 4.79 Å². The molecule has 2 fully saturated rings.